The van der Waals surface area contributed by atoms with Gasteiger partial charge < -0.3 is 20.6 Å². The number of aromatic carboxylic acids is 1. The lowest BCUT2D eigenvalue weighted by atomic mass is 9.98. The number of aromatic nitrogens is 1. The third-order valence-electron chi connectivity index (χ3n) is 5.95. The maximum atomic E-state index is 12.2. The number of halogens is 1. The Hall–Kier alpha value is -3.33. The molecule has 0 fully saturated rings. The van der Waals surface area contributed by atoms with E-state index in [4.69, 9.17) is 22.1 Å². The summed E-state index contributed by atoms with van der Waals surface area (Å²) in [5.41, 5.74) is 9.71. The number of carbonyl (C=O) groups is 1. The lowest BCUT2D eigenvalue weighted by Crippen LogP contribution is -2.05. The van der Waals surface area contributed by atoms with Crippen LogP contribution >= 0.6 is 11.6 Å². The summed E-state index contributed by atoms with van der Waals surface area (Å²) >= 11 is 6.39. The molecule has 0 bridgehead atoms. The van der Waals surface area contributed by atoms with Crippen LogP contribution in [0.5, 0.6) is 5.75 Å². The average molecular weight is 527 g/mol. The van der Waals surface area contributed by atoms with Crippen molar-refractivity contribution in [1.82, 2.24) is 4.98 Å². The molecule has 9 heteroatoms. The summed E-state index contributed by atoms with van der Waals surface area (Å²) in [6.45, 7) is 2.48. The number of hydrogen-bond acceptors (Lipinski definition) is 5. The van der Waals surface area contributed by atoms with Crippen LogP contribution < -0.4 is 10.5 Å². The Morgan fingerprint density at radius 2 is 1.86 bits per heavy atom. The molecule has 0 aliphatic rings. The van der Waals surface area contributed by atoms with E-state index in [1.54, 1.807) is 18.2 Å². The van der Waals surface area contributed by atoms with Gasteiger partial charge in [-0.15, -0.1) is 0 Å². The van der Waals surface area contributed by atoms with Gasteiger partial charge in [-0.1, -0.05) is 54.1 Å². The van der Waals surface area contributed by atoms with Crippen LogP contribution in [0.4, 0.5) is 0 Å². The molecule has 1 atom stereocenters. The molecule has 0 spiro atoms. The maximum Gasteiger partial charge on any atom is 0.352 e. The first kappa shape index (κ1) is 25.8. The average Bonchev–Trinajstić information content (AvgIpc) is 3.21. The predicted molar refractivity (Wildman–Crippen MR) is 142 cm³/mol. The largest absolute Gasteiger partial charge is 0.486 e. The molecule has 188 valence electrons. The Balaban J connectivity index is 1.75. The zero-order chi connectivity index (χ0) is 26.0. The molecule has 36 heavy (non-hydrogen) atoms. The van der Waals surface area contributed by atoms with Crippen LogP contribution in [0.3, 0.4) is 0 Å². The number of hydrogen-bond donors (Lipinski definition) is 3. The molecule has 3 aromatic carbocycles. The van der Waals surface area contributed by atoms with Crippen molar-refractivity contribution >= 4 is 38.3 Å². The normalized spacial score (nSPS) is 12.6. The molecule has 1 aromatic heterocycles. The zero-order valence-electron chi connectivity index (χ0n) is 19.9. The molecule has 0 aliphatic carbocycles. The van der Waals surface area contributed by atoms with E-state index in [0.29, 0.717) is 39.9 Å². The minimum absolute atomic E-state index is 0.0164. The molecule has 0 aliphatic heterocycles. The van der Waals surface area contributed by atoms with Gasteiger partial charge in [0.1, 0.15) is 17.5 Å². The van der Waals surface area contributed by atoms with Crippen molar-refractivity contribution in [1.29, 1.82) is 0 Å². The van der Waals surface area contributed by atoms with Gasteiger partial charge in [-0.05, 0) is 54.8 Å². The highest BCUT2D eigenvalue weighted by molar-refractivity contribution is 7.89. The molecule has 4 rings (SSSR count). The second kappa shape index (κ2) is 10.3. The van der Waals surface area contributed by atoms with E-state index in [2.05, 4.69) is 4.98 Å². The molecule has 0 amide bonds. The Morgan fingerprint density at radius 3 is 2.47 bits per heavy atom. The van der Waals surface area contributed by atoms with E-state index >= 15 is 0 Å². The van der Waals surface area contributed by atoms with Crippen molar-refractivity contribution in [2.75, 3.05) is 12.8 Å². The predicted octanol–water partition coefficient (Wildman–Crippen LogP) is 5.37. The van der Waals surface area contributed by atoms with Crippen molar-refractivity contribution in [2.24, 2.45) is 5.73 Å². The first-order valence-corrected chi connectivity index (χ1v) is 13.8. The molecule has 0 radical (unpaired) electrons. The van der Waals surface area contributed by atoms with Crippen LogP contribution in [0.1, 0.15) is 40.2 Å². The number of para-hydroxylation sites is 1. The number of aromatic amines is 1. The van der Waals surface area contributed by atoms with Crippen molar-refractivity contribution in [3.05, 3.63) is 88.1 Å². The third-order valence-corrected chi connectivity index (χ3v) is 7.13. The number of fused-ring (bicyclic) bond motifs is 1. The fraction of sp³-hybridized carbons (Fsp3) is 0.222. The zero-order valence-corrected chi connectivity index (χ0v) is 21.5. The van der Waals surface area contributed by atoms with Gasteiger partial charge >= 0.3 is 5.97 Å². The monoisotopic (exact) mass is 526 g/mol. The van der Waals surface area contributed by atoms with Gasteiger partial charge in [-0.2, -0.15) is 0 Å². The van der Waals surface area contributed by atoms with E-state index in [9.17, 15) is 18.3 Å². The number of carboxylic acid groups (broad SMARTS) is 1. The van der Waals surface area contributed by atoms with E-state index in [1.165, 1.54) is 0 Å². The summed E-state index contributed by atoms with van der Waals surface area (Å²) in [6.07, 6.45) is 1.55. The van der Waals surface area contributed by atoms with Crippen LogP contribution in [0.15, 0.2) is 60.7 Å². The Bertz CT molecular complexity index is 1530. The van der Waals surface area contributed by atoms with E-state index in [1.807, 2.05) is 49.4 Å². The number of benzene rings is 3. The van der Waals surface area contributed by atoms with Crippen molar-refractivity contribution in [3.63, 3.8) is 0 Å². The lowest BCUT2D eigenvalue weighted by molar-refractivity contribution is 0.0692. The summed E-state index contributed by atoms with van der Waals surface area (Å²) < 4.78 is 29.6. The third kappa shape index (κ3) is 5.56. The summed E-state index contributed by atoms with van der Waals surface area (Å²) in [5, 5.41) is 10.9. The van der Waals surface area contributed by atoms with Gasteiger partial charge in [0.25, 0.3) is 0 Å². The molecular weight excluding hydrogens is 500 g/mol. The first-order chi connectivity index (χ1) is 17.1. The summed E-state index contributed by atoms with van der Waals surface area (Å²) in [7, 11) is -3.27. The number of nitrogens with two attached hydrogens (primary N) is 1. The number of carboxylic acids is 1. The fourth-order valence-corrected chi connectivity index (χ4v) is 5.45. The number of nitrogens with one attached hydrogen (secondary N) is 1. The van der Waals surface area contributed by atoms with Crippen LogP contribution in [0, 0.1) is 0 Å². The quantitative estimate of drug-likeness (QED) is 0.269. The minimum Gasteiger partial charge on any atom is -0.486 e. The second-order valence-electron chi connectivity index (χ2n) is 8.77. The number of H-pyrrole nitrogens is 1. The molecule has 0 saturated heterocycles. The van der Waals surface area contributed by atoms with E-state index in [0.717, 1.165) is 23.8 Å². The van der Waals surface area contributed by atoms with Crippen molar-refractivity contribution in [2.45, 2.75) is 25.2 Å². The van der Waals surface area contributed by atoms with Crippen LogP contribution in [0.2, 0.25) is 5.02 Å². The van der Waals surface area contributed by atoms with Crippen LogP contribution in [-0.2, 0) is 22.0 Å². The topological polar surface area (TPSA) is 122 Å². The standard InChI is InChI=1S/C27H27ClN2O5S/c1-16(35-20-10-6-17(7-11-20)12-13-29)21-4-3-5-22-24(26(27(31)32)30-25(21)22)18-8-9-19(23(28)14-18)15-36(2,33)34/h3-11,14,16,30H,12-13,15,29H2,1-2H3,(H,31,32)/t16-/m0/s1. The van der Waals surface area contributed by atoms with Gasteiger partial charge in [0.2, 0.25) is 0 Å². The van der Waals surface area contributed by atoms with Gasteiger partial charge in [-0.3, -0.25) is 0 Å². The van der Waals surface area contributed by atoms with Gasteiger partial charge in [0, 0.05) is 27.8 Å². The van der Waals surface area contributed by atoms with E-state index in [-0.39, 0.29) is 22.6 Å². The number of rotatable bonds is 9. The lowest BCUT2D eigenvalue weighted by Gasteiger charge is -2.16. The number of sulfone groups is 1. The summed E-state index contributed by atoms with van der Waals surface area (Å²) in [5.74, 6) is -0.621. The highest BCUT2D eigenvalue weighted by atomic mass is 35.5. The minimum atomic E-state index is -3.27. The molecule has 7 nitrogen and oxygen atoms in total. The summed E-state index contributed by atoms with van der Waals surface area (Å²) in [6, 6.07) is 18.2. The number of ether oxygens (including phenoxy) is 1. The fourth-order valence-electron chi connectivity index (χ4n) is 4.31. The highest BCUT2D eigenvalue weighted by Gasteiger charge is 2.23. The Kier molecular flexibility index (Phi) is 7.40. The summed E-state index contributed by atoms with van der Waals surface area (Å²) in [4.78, 5) is 15.2. The van der Waals surface area contributed by atoms with E-state index < -0.39 is 15.8 Å². The van der Waals surface area contributed by atoms with Crippen LogP contribution in [0.25, 0.3) is 22.0 Å². The van der Waals surface area contributed by atoms with Gasteiger partial charge in [0.05, 0.1) is 11.3 Å². The molecular formula is C27H27ClN2O5S. The molecule has 0 saturated carbocycles. The van der Waals surface area contributed by atoms with Crippen LogP contribution in [-0.4, -0.2) is 37.3 Å². The van der Waals surface area contributed by atoms with Gasteiger partial charge in [-0.25, -0.2) is 13.2 Å². The molecule has 4 N–H and O–H groups in total. The first-order valence-electron chi connectivity index (χ1n) is 11.4. The maximum absolute atomic E-state index is 12.2. The smallest absolute Gasteiger partial charge is 0.352 e. The highest BCUT2D eigenvalue weighted by Crippen LogP contribution is 2.38. The van der Waals surface area contributed by atoms with Crippen molar-refractivity contribution < 1.29 is 23.1 Å². The van der Waals surface area contributed by atoms with Gasteiger partial charge in [0.15, 0.2) is 9.84 Å². The van der Waals surface area contributed by atoms with Crippen molar-refractivity contribution in [3.8, 4) is 16.9 Å². The molecule has 1 heterocycles. The Labute approximate surface area is 214 Å². The molecule has 4 aromatic rings. The Morgan fingerprint density at radius 1 is 1.14 bits per heavy atom. The molecule has 0 unspecified atom stereocenters. The second-order valence-corrected chi connectivity index (χ2v) is 11.3. The SMILES string of the molecule is C[C@H](Oc1ccc(CCN)cc1)c1cccc2c(-c3ccc(CS(C)(=O)=O)c(Cl)c3)c(C(=O)O)[nH]c12.